The summed E-state index contributed by atoms with van der Waals surface area (Å²) < 4.78 is 9.58. The van der Waals surface area contributed by atoms with Gasteiger partial charge in [-0.15, -0.1) is 0 Å². The van der Waals surface area contributed by atoms with Crippen molar-refractivity contribution in [2.75, 3.05) is 19.0 Å². The van der Waals surface area contributed by atoms with Gasteiger partial charge in [0.2, 0.25) is 0 Å². The number of benzene rings is 1. The van der Waals surface area contributed by atoms with E-state index in [0.717, 1.165) is 0 Å². The van der Waals surface area contributed by atoms with Crippen LogP contribution >= 0.6 is 0 Å². The molecule has 0 saturated carbocycles. The Morgan fingerprint density at radius 3 is 2.25 bits per heavy atom. The van der Waals surface area contributed by atoms with Gasteiger partial charge in [-0.3, -0.25) is 0 Å². The summed E-state index contributed by atoms with van der Waals surface area (Å²) in [6.45, 7) is 5.92. The third kappa shape index (κ3) is 6.28. The predicted molar refractivity (Wildman–Crippen MR) is 89.8 cm³/mol. The van der Waals surface area contributed by atoms with Gasteiger partial charge in [-0.2, -0.15) is 0 Å². The highest BCUT2D eigenvalue weighted by Gasteiger charge is 2.22. The molecule has 0 saturated heterocycles. The maximum absolute atomic E-state index is 12.0. The van der Waals surface area contributed by atoms with Crippen LogP contribution in [0, 0.1) is 5.92 Å². The molecule has 0 spiro atoms. The van der Waals surface area contributed by atoms with Crippen LogP contribution in [0.2, 0.25) is 0 Å². The number of hydrogen-bond donors (Lipinski definition) is 2. The first-order chi connectivity index (χ1) is 11.4. The van der Waals surface area contributed by atoms with E-state index in [1.165, 1.54) is 7.11 Å². The summed E-state index contributed by atoms with van der Waals surface area (Å²) in [5, 5.41) is 5.20. The number of esters is 2. The fourth-order valence-electron chi connectivity index (χ4n) is 2.06. The van der Waals surface area contributed by atoms with Crippen LogP contribution < -0.4 is 10.6 Å². The van der Waals surface area contributed by atoms with Gasteiger partial charge in [-0.25, -0.2) is 14.4 Å². The van der Waals surface area contributed by atoms with E-state index in [0.29, 0.717) is 24.3 Å². The van der Waals surface area contributed by atoms with E-state index in [1.807, 2.05) is 13.8 Å². The number of carbonyl (C=O) groups excluding carboxylic acids is 3. The molecule has 0 radical (unpaired) electrons. The van der Waals surface area contributed by atoms with Crippen molar-refractivity contribution in [2.24, 2.45) is 5.92 Å². The summed E-state index contributed by atoms with van der Waals surface area (Å²) in [5.74, 6) is -0.689. The number of amides is 2. The molecule has 0 aliphatic heterocycles. The Hall–Kier alpha value is -2.57. The summed E-state index contributed by atoms with van der Waals surface area (Å²) in [6, 6.07) is 5.05. The van der Waals surface area contributed by atoms with Crippen molar-refractivity contribution in [3.05, 3.63) is 29.8 Å². The second kappa shape index (κ2) is 9.54. The van der Waals surface area contributed by atoms with Crippen molar-refractivity contribution in [2.45, 2.75) is 33.2 Å². The Morgan fingerprint density at radius 1 is 1.12 bits per heavy atom. The average Bonchev–Trinajstić information content (AvgIpc) is 2.53. The van der Waals surface area contributed by atoms with Gasteiger partial charge in [0.15, 0.2) is 0 Å². The predicted octanol–water partition coefficient (Wildman–Crippen LogP) is 2.57. The van der Waals surface area contributed by atoms with E-state index in [9.17, 15) is 14.4 Å². The highest BCUT2D eigenvalue weighted by molar-refractivity contribution is 5.94. The van der Waals surface area contributed by atoms with Crippen LogP contribution in [-0.2, 0) is 14.3 Å². The molecule has 0 aliphatic carbocycles. The molecule has 1 aromatic carbocycles. The second-order valence-electron chi connectivity index (χ2n) is 5.60. The number of urea groups is 1. The number of carbonyl (C=O) groups is 3. The van der Waals surface area contributed by atoms with Gasteiger partial charge in [0.25, 0.3) is 0 Å². The van der Waals surface area contributed by atoms with Crippen molar-refractivity contribution in [3.8, 4) is 0 Å². The van der Waals surface area contributed by atoms with E-state index >= 15 is 0 Å². The molecule has 7 nitrogen and oxygen atoms in total. The van der Waals surface area contributed by atoms with Gasteiger partial charge in [-0.1, -0.05) is 13.8 Å². The molecule has 0 unspecified atom stereocenters. The molecular weight excluding hydrogens is 312 g/mol. The van der Waals surface area contributed by atoms with E-state index < -0.39 is 24.0 Å². The number of anilines is 1. The first-order valence-electron chi connectivity index (χ1n) is 7.79. The standard InChI is InChI=1S/C17H24N2O5/c1-5-24-15(20)12-6-8-13(9-7-12)18-17(22)19-14(10-11(2)3)16(21)23-4/h6-9,11,14H,5,10H2,1-4H3,(H2,18,19,22)/t14-/m1/s1. The lowest BCUT2D eigenvalue weighted by Gasteiger charge is -2.18. The molecule has 2 N–H and O–H groups in total. The number of nitrogens with one attached hydrogen (secondary N) is 2. The minimum atomic E-state index is -0.714. The normalized spacial score (nSPS) is 11.5. The molecule has 132 valence electrons. The molecule has 0 heterocycles. The average molecular weight is 336 g/mol. The Balaban J connectivity index is 2.65. The van der Waals surface area contributed by atoms with Gasteiger partial charge >= 0.3 is 18.0 Å². The summed E-state index contributed by atoms with van der Waals surface area (Å²) in [4.78, 5) is 35.3. The smallest absolute Gasteiger partial charge is 0.338 e. The Labute approximate surface area is 141 Å². The molecule has 1 rings (SSSR count). The van der Waals surface area contributed by atoms with Crippen LogP contribution in [0.5, 0.6) is 0 Å². The molecule has 1 atom stereocenters. The third-order valence-corrected chi connectivity index (χ3v) is 3.15. The molecule has 24 heavy (non-hydrogen) atoms. The molecule has 0 bridgehead atoms. The lowest BCUT2D eigenvalue weighted by atomic mass is 10.0. The fourth-order valence-corrected chi connectivity index (χ4v) is 2.06. The lowest BCUT2D eigenvalue weighted by molar-refractivity contribution is -0.143. The zero-order chi connectivity index (χ0) is 18.1. The molecular formula is C17H24N2O5. The maximum Gasteiger partial charge on any atom is 0.338 e. The van der Waals surface area contributed by atoms with Gasteiger partial charge in [0.05, 0.1) is 19.3 Å². The van der Waals surface area contributed by atoms with Crippen molar-refractivity contribution in [1.29, 1.82) is 0 Å². The van der Waals surface area contributed by atoms with Crippen molar-refractivity contribution >= 4 is 23.7 Å². The molecule has 0 aromatic heterocycles. The second-order valence-corrected chi connectivity index (χ2v) is 5.60. The van der Waals surface area contributed by atoms with E-state index in [1.54, 1.807) is 31.2 Å². The number of ether oxygens (including phenoxy) is 2. The highest BCUT2D eigenvalue weighted by atomic mass is 16.5. The summed E-state index contributed by atoms with van der Waals surface area (Å²) in [7, 11) is 1.28. The SMILES string of the molecule is CCOC(=O)c1ccc(NC(=O)N[C@H](CC(C)C)C(=O)OC)cc1. The van der Waals surface area contributed by atoms with Crippen molar-refractivity contribution < 1.29 is 23.9 Å². The van der Waals surface area contributed by atoms with Gasteiger partial charge in [0, 0.05) is 5.69 Å². The molecule has 0 fully saturated rings. The van der Waals surface area contributed by atoms with Crippen LogP contribution in [0.25, 0.3) is 0 Å². The van der Waals surface area contributed by atoms with Crippen LogP contribution in [0.1, 0.15) is 37.6 Å². The van der Waals surface area contributed by atoms with Crippen molar-refractivity contribution in [3.63, 3.8) is 0 Å². The Bertz CT molecular complexity index is 569. The quantitative estimate of drug-likeness (QED) is 0.746. The van der Waals surface area contributed by atoms with Gasteiger partial charge in [-0.05, 0) is 43.5 Å². The topological polar surface area (TPSA) is 93.7 Å². The fraction of sp³-hybridized carbons (Fsp3) is 0.471. The first-order valence-corrected chi connectivity index (χ1v) is 7.79. The summed E-state index contributed by atoms with van der Waals surface area (Å²) >= 11 is 0. The van der Waals surface area contributed by atoms with Crippen molar-refractivity contribution in [1.82, 2.24) is 5.32 Å². The summed E-state index contributed by atoms with van der Waals surface area (Å²) in [5.41, 5.74) is 0.892. The van der Waals surface area contributed by atoms with Gasteiger partial charge < -0.3 is 20.1 Å². The Morgan fingerprint density at radius 2 is 1.75 bits per heavy atom. The van der Waals surface area contributed by atoms with Crippen LogP contribution in [0.15, 0.2) is 24.3 Å². The van der Waals surface area contributed by atoms with E-state index in [4.69, 9.17) is 9.47 Å². The summed E-state index contributed by atoms with van der Waals surface area (Å²) in [6.07, 6.45) is 0.474. The molecule has 1 aromatic rings. The number of methoxy groups -OCH3 is 1. The molecule has 7 heteroatoms. The number of hydrogen-bond acceptors (Lipinski definition) is 5. The zero-order valence-corrected chi connectivity index (χ0v) is 14.4. The van der Waals surface area contributed by atoms with Crippen LogP contribution in [-0.4, -0.2) is 37.7 Å². The minimum Gasteiger partial charge on any atom is -0.467 e. The third-order valence-electron chi connectivity index (χ3n) is 3.15. The lowest BCUT2D eigenvalue weighted by Crippen LogP contribution is -2.44. The first kappa shape index (κ1) is 19.5. The van der Waals surface area contributed by atoms with Gasteiger partial charge in [0.1, 0.15) is 6.04 Å². The monoisotopic (exact) mass is 336 g/mol. The Kier molecular flexibility index (Phi) is 7.74. The minimum absolute atomic E-state index is 0.221. The molecule has 0 aliphatic rings. The largest absolute Gasteiger partial charge is 0.467 e. The van der Waals surface area contributed by atoms with Crippen LogP contribution in [0.3, 0.4) is 0 Å². The highest BCUT2D eigenvalue weighted by Crippen LogP contribution is 2.11. The maximum atomic E-state index is 12.0. The number of rotatable bonds is 7. The zero-order valence-electron chi connectivity index (χ0n) is 14.4. The van der Waals surface area contributed by atoms with E-state index in [-0.39, 0.29) is 5.92 Å². The van der Waals surface area contributed by atoms with Crippen LogP contribution in [0.4, 0.5) is 10.5 Å². The van der Waals surface area contributed by atoms with E-state index in [2.05, 4.69) is 10.6 Å². The molecule has 2 amide bonds.